The van der Waals surface area contributed by atoms with E-state index in [1.54, 1.807) is 11.3 Å². The molecule has 56 valence electrons. The van der Waals surface area contributed by atoms with Crippen molar-refractivity contribution in [2.24, 2.45) is 0 Å². The molecule has 0 unspecified atom stereocenters. The van der Waals surface area contributed by atoms with Gasteiger partial charge < -0.3 is 0 Å². The number of aromatic nitrogens is 1. The van der Waals surface area contributed by atoms with Crippen molar-refractivity contribution in [2.45, 2.75) is 18.3 Å². The third kappa shape index (κ3) is 1.09. The van der Waals surface area contributed by atoms with Gasteiger partial charge in [0, 0.05) is 5.38 Å². The van der Waals surface area contributed by atoms with Crippen LogP contribution in [0.15, 0.2) is 9.98 Å². The van der Waals surface area contributed by atoms with Crippen LogP contribution >= 0.6 is 27.3 Å². The van der Waals surface area contributed by atoms with Crippen molar-refractivity contribution >= 4 is 27.3 Å². The Morgan fingerprint density at radius 1 is 1.73 bits per heavy atom. The van der Waals surface area contributed by atoms with E-state index in [2.05, 4.69) is 27.0 Å². The average molecular weight is 229 g/mol. The zero-order chi connectivity index (χ0) is 7.90. The van der Waals surface area contributed by atoms with E-state index >= 15 is 0 Å². The Kier molecular flexibility index (Phi) is 1.51. The molecule has 1 aromatic heterocycles. The zero-order valence-electron chi connectivity index (χ0n) is 5.67. The van der Waals surface area contributed by atoms with Crippen molar-refractivity contribution in [3.8, 4) is 6.07 Å². The molecule has 0 radical (unpaired) electrons. The third-order valence-electron chi connectivity index (χ3n) is 1.85. The van der Waals surface area contributed by atoms with Gasteiger partial charge in [0.25, 0.3) is 0 Å². The molecular formula is C7H5BrN2S. The van der Waals surface area contributed by atoms with Crippen LogP contribution in [0.4, 0.5) is 0 Å². The Balaban J connectivity index is 2.38. The van der Waals surface area contributed by atoms with Crippen LogP contribution in [0.2, 0.25) is 0 Å². The molecule has 1 saturated carbocycles. The molecule has 0 amide bonds. The van der Waals surface area contributed by atoms with E-state index in [-0.39, 0.29) is 5.41 Å². The maximum atomic E-state index is 8.82. The first-order chi connectivity index (χ1) is 5.27. The van der Waals surface area contributed by atoms with Crippen LogP contribution in [0.5, 0.6) is 0 Å². The zero-order valence-corrected chi connectivity index (χ0v) is 8.07. The Hall–Kier alpha value is -0.400. The summed E-state index contributed by atoms with van der Waals surface area (Å²) in [5.74, 6) is 0. The van der Waals surface area contributed by atoms with Gasteiger partial charge in [0.1, 0.15) is 15.0 Å². The molecule has 2 nitrogen and oxygen atoms in total. The van der Waals surface area contributed by atoms with Crippen molar-refractivity contribution in [1.82, 2.24) is 4.98 Å². The van der Waals surface area contributed by atoms with Crippen molar-refractivity contribution in [3.05, 3.63) is 15.0 Å². The number of hydrogen-bond acceptors (Lipinski definition) is 3. The van der Waals surface area contributed by atoms with Gasteiger partial charge in [-0.15, -0.1) is 11.3 Å². The molecule has 0 spiro atoms. The van der Waals surface area contributed by atoms with E-state index in [4.69, 9.17) is 5.26 Å². The van der Waals surface area contributed by atoms with Crippen LogP contribution in [0.3, 0.4) is 0 Å². The second kappa shape index (κ2) is 2.29. The number of rotatable bonds is 1. The van der Waals surface area contributed by atoms with Crippen LogP contribution in [0.25, 0.3) is 0 Å². The topological polar surface area (TPSA) is 36.7 Å². The fourth-order valence-electron chi connectivity index (χ4n) is 0.972. The van der Waals surface area contributed by atoms with Crippen molar-refractivity contribution < 1.29 is 0 Å². The lowest BCUT2D eigenvalue weighted by Gasteiger charge is -1.96. The minimum Gasteiger partial charge on any atom is -0.233 e. The summed E-state index contributed by atoms with van der Waals surface area (Å²) in [6.45, 7) is 0. The van der Waals surface area contributed by atoms with Crippen LogP contribution in [-0.4, -0.2) is 4.98 Å². The summed E-state index contributed by atoms with van der Waals surface area (Å²) in [7, 11) is 0. The normalized spacial score (nSPS) is 19.3. The standard InChI is InChI=1S/C7H5BrN2S/c8-5-3-11-6(10-5)7(4-9)1-2-7/h3H,1-2H2. The van der Waals surface area contributed by atoms with Gasteiger partial charge in [-0.1, -0.05) is 0 Å². The summed E-state index contributed by atoms with van der Waals surface area (Å²) >= 11 is 4.83. The van der Waals surface area contributed by atoms with Gasteiger partial charge in [-0.25, -0.2) is 4.98 Å². The Morgan fingerprint density at radius 2 is 2.45 bits per heavy atom. The largest absolute Gasteiger partial charge is 0.233 e. The molecule has 2 rings (SSSR count). The molecule has 0 aliphatic heterocycles. The van der Waals surface area contributed by atoms with Crippen molar-refractivity contribution in [3.63, 3.8) is 0 Å². The Bertz CT molecular complexity index is 321. The number of halogens is 1. The van der Waals surface area contributed by atoms with E-state index in [9.17, 15) is 0 Å². The van der Waals surface area contributed by atoms with Crippen molar-refractivity contribution in [2.75, 3.05) is 0 Å². The molecular weight excluding hydrogens is 224 g/mol. The molecule has 0 saturated heterocycles. The maximum Gasteiger partial charge on any atom is 0.117 e. The highest BCUT2D eigenvalue weighted by Crippen LogP contribution is 2.48. The quantitative estimate of drug-likeness (QED) is 0.741. The van der Waals surface area contributed by atoms with Gasteiger partial charge >= 0.3 is 0 Å². The smallest absolute Gasteiger partial charge is 0.117 e. The molecule has 1 aliphatic rings. The van der Waals surface area contributed by atoms with Gasteiger partial charge in [0.2, 0.25) is 0 Å². The predicted octanol–water partition coefficient (Wildman–Crippen LogP) is 2.46. The van der Waals surface area contributed by atoms with Crippen molar-refractivity contribution in [1.29, 1.82) is 5.26 Å². The molecule has 0 bridgehead atoms. The first kappa shape index (κ1) is 7.26. The van der Waals surface area contributed by atoms with Gasteiger partial charge in [0.05, 0.1) is 6.07 Å². The molecule has 0 atom stereocenters. The summed E-state index contributed by atoms with van der Waals surface area (Å²) < 4.78 is 0.846. The van der Waals surface area contributed by atoms with Gasteiger partial charge in [-0.2, -0.15) is 5.26 Å². The van der Waals surface area contributed by atoms with E-state index in [1.165, 1.54) is 0 Å². The second-order valence-corrected chi connectivity index (χ2v) is 4.34. The maximum absolute atomic E-state index is 8.82. The molecule has 0 N–H and O–H groups in total. The van der Waals surface area contributed by atoms with Crippen LogP contribution < -0.4 is 0 Å². The summed E-state index contributed by atoms with van der Waals surface area (Å²) in [6.07, 6.45) is 1.95. The molecule has 1 fully saturated rings. The lowest BCUT2D eigenvalue weighted by molar-refractivity contribution is 0.886. The number of thiazole rings is 1. The van der Waals surface area contributed by atoms with Crippen LogP contribution in [0.1, 0.15) is 17.8 Å². The van der Waals surface area contributed by atoms with E-state index in [0.29, 0.717) is 0 Å². The van der Waals surface area contributed by atoms with Crippen LogP contribution in [-0.2, 0) is 5.41 Å². The molecule has 11 heavy (non-hydrogen) atoms. The molecule has 1 heterocycles. The highest BCUT2D eigenvalue weighted by Gasteiger charge is 2.47. The minimum absolute atomic E-state index is 0.212. The summed E-state index contributed by atoms with van der Waals surface area (Å²) in [5.41, 5.74) is -0.212. The average Bonchev–Trinajstić information content (AvgIpc) is 2.70. The number of nitriles is 1. The fraction of sp³-hybridized carbons (Fsp3) is 0.429. The lowest BCUT2D eigenvalue weighted by Crippen LogP contribution is -2.00. The summed E-state index contributed by atoms with van der Waals surface area (Å²) in [5, 5.41) is 11.7. The monoisotopic (exact) mass is 228 g/mol. The Morgan fingerprint density at radius 3 is 2.82 bits per heavy atom. The van der Waals surface area contributed by atoms with E-state index < -0.39 is 0 Å². The van der Waals surface area contributed by atoms with E-state index in [0.717, 1.165) is 22.5 Å². The molecule has 1 aliphatic carbocycles. The van der Waals surface area contributed by atoms with E-state index in [1.807, 2.05) is 5.38 Å². The highest BCUT2D eigenvalue weighted by molar-refractivity contribution is 9.10. The number of nitrogens with zero attached hydrogens (tertiary/aromatic N) is 2. The van der Waals surface area contributed by atoms with Crippen LogP contribution in [0, 0.1) is 11.3 Å². The summed E-state index contributed by atoms with van der Waals surface area (Å²) in [4.78, 5) is 4.23. The van der Waals surface area contributed by atoms with Gasteiger partial charge in [0.15, 0.2) is 0 Å². The SMILES string of the molecule is N#CC1(c2nc(Br)cs2)CC1. The third-order valence-corrected chi connectivity index (χ3v) is 3.61. The predicted molar refractivity (Wildman–Crippen MR) is 46.3 cm³/mol. The second-order valence-electron chi connectivity index (χ2n) is 2.67. The first-order valence-electron chi connectivity index (χ1n) is 3.30. The molecule has 1 aromatic rings. The first-order valence-corrected chi connectivity index (χ1v) is 4.97. The fourth-order valence-corrected chi connectivity index (χ4v) is 2.44. The Labute approximate surface area is 77.0 Å². The molecule has 4 heteroatoms. The summed E-state index contributed by atoms with van der Waals surface area (Å²) in [6, 6.07) is 2.31. The molecule has 0 aromatic carbocycles. The minimum atomic E-state index is -0.212. The highest BCUT2D eigenvalue weighted by atomic mass is 79.9. The van der Waals surface area contributed by atoms with Gasteiger partial charge in [-0.3, -0.25) is 0 Å². The lowest BCUT2D eigenvalue weighted by atomic mass is 10.1. The van der Waals surface area contributed by atoms with Gasteiger partial charge in [-0.05, 0) is 28.8 Å². The number of hydrogen-bond donors (Lipinski definition) is 0.